The van der Waals surface area contributed by atoms with Crippen molar-refractivity contribution in [1.29, 1.82) is 0 Å². The molecule has 1 aliphatic heterocycles. The Morgan fingerprint density at radius 3 is 2.83 bits per heavy atom. The molecule has 0 amide bonds. The van der Waals surface area contributed by atoms with Gasteiger partial charge in [0.05, 0.1) is 5.92 Å². The van der Waals surface area contributed by atoms with Crippen molar-refractivity contribution < 1.29 is 8.78 Å². The fourth-order valence-electron chi connectivity index (χ4n) is 2.52. The van der Waals surface area contributed by atoms with E-state index in [-0.39, 0.29) is 6.04 Å². The van der Waals surface area contributed by atoms with Gasteiger partial charge in [-0.3, -0.25) is 0 Å². The van der Waals surface area contributed by atoms with E-state index in [9.17, 15) is 8.78 Å². The van der Waals surface area contributed by atoms with Crippen LogP contribution < -0.4 is 5.32 Å². The van der Waals surface area contributed by atoms with Crippen molar-refractivity contribution in [3.63, 3.8) is 0 Å². The Bertz CT molecular complexity index is 409. The first-order chi connectivity index (χ1) is 8.63. The third-order valence-electron chi connectivity index (χ3n) is 3.43. The third kappa shape index (κ3) is 2.86. The molecular formula is C14H19F2NS. The topological polar surface area (TPSA) is 12.0 Å². The number of hydrogen-bond acceptors (Lipinski definition) is 2. The van der Waals surface area contributed by atoms with Gasteiger partial charge < -0.3 is 5.32 Å². The molecule has 2 rings (SSSR count). The lowest BCUT2D eigenvalue weighted by atomic mass is 9.91. The van der Waals surface area contributed by atoms with Crippen LogP contribution in [0.4, 0.5) is 8.78 Å². The summed E-state index contributed by atoms with van der Waals surface area (Å²) in [6.45, 7) is 4.49. The maximum Gasteiger partial charge on any atom is 0.246 e. The van der Waals surface area contributed by atoms with E-state index in [1.807, 2.05) is 43.8 Å². The second kappa shape index (κ2) is 6.02. The van der Waals surface area contributed by atoms with E-state index in [1.54, 1.807) is 0 Å². The number of hydrogen-bond donors (Lipinski definition) is 1. The molecule has 1 aromatic rings. The molecule has 18 heavy (non-hydrogen) atoms. The van der Waals surface area contributed by atoms with E-state index in [2.05, 4.69) is 5.32 Å². The van der Waals surface area contributed by atoms with Gasteiger partial charge >= 0.3 is 0 Å². The van der Waals surface area contributed by atoms with Gasteiger partial charge in [-0.1, -0.05) is 19.1 Å². The van der Waals surface area contributed by atoms with Crippen LogP contribution in [0, 0.1) is 0 Å². The van der Waals surface area contributed by atoms with Crippen LogP contribution in [0.2, 0.25) is 0 Å². The fraction of sp³-hybridized carbons (Fsp3) is 0.571. The Labute approximate surface area is 111 Å². The largest absolute Gasteiger partial charge is 0.314 e. The van der Waals surface area contributed by atoms with Crippen molar-refractivity contribution in [1.82, 2.24) is 5.32 Å². The van der Waals surface area contributed by atoms with Crippen LogP contribution in [0.1, 0.15) is 30.9 Å². The summed E-state index contributed by atoms with van der Waals surface area (Å²) in [5.74, 6) is 0.349. The van der Waals surface area contributed by atoms with Crippen molar-refractivity contribution in [3.8, 4) is 0 Å². The number of aryl methyl sites for hydroxylation is 1. The Balaban J connectivity index is 2.25. The van der Waals surface area contributed by atoms with Crippen molar-refractivity contribution in [2.75, 3.05) is 12.3 Å². The van der Waals surface area contributed by atoms with E-state index in [1.165, 1.54) is 10.5 Å². The maximum atomic E-state index is 13.3. The van der Waals surface area contributed by atoms with Gasteiger partial charge in [0, 0.05) is 16.7 Å². The summed E-state index contributed by atoms with van der Waals surface area (Å²) in [5.41, 5.74) is 1.99. The van der Waals surface area contributed by atoms with Crippen molar-refractivity contribution in [2.24, 2.45) is 0 Å². The second-order valence-corrected chi connectivity index (χ2v) is 5.81. The molecule has 1 heterocycles. The highest BCUT2D eigenvalue weighted by atomic mass is 32.2. The van der Waals surface area contributed by atoms with E-state index < -0.39 is 12.3 Å². The Morgan fingerprint density at radius 1 is 1.39 bits per heavy atom. The zero-order valence-electron chi connectivity index (χ0n) is 10.7. The average Bonchev–Trinajstić information content (AvgIpc) is 2.76. The first kappa shape index (κ1) is 13.8. The molecule has 0 aromatic heterocycles. The lowest BCUT2D eigenvalue weighted by Gasteiger charge is -2.24. The summed E-state index contributed by atoms with van der Waals surface area (Å²) < 4.78 is 26.5. The Kier molecular flexibility index (Phi) is 4.62. The molecule has 0 bridgehead atoms. The first-order valence-electron chi connectivity index (χ1n) is 6.40. The molecule has 0 saturated heterocycles. The number of benzene rings is 1. The van der Waals surface area contributed by atoms with Crippen LogP contribution in [0.3, 0.4) is 0 Å². The summed E-state index contributed by atoms with van der Waals surface area (Å²) in [6, 6.07) is 5.63. The summed E-state index contributed by atoms with van der Waals surface area (Å²) >= 11 is 1.81. The van der Waals surface area contributed by atoms with Crippen molar-refractivity contribution >= 4 is 11.8 Å². The smallest absolute Gasteiger partial charge is 0.246 e. The molecule has 1 aromatic carbocycles. The number of likely N-dealkylation sites (N-methyl/N-ethyl adjacent to an activating group) is 1. The predicted molar refractivity (Wildman–Crippen MR) is 72.8 cm³/mol. The molecule has 100 valence electrons. The Hall–Kier alpha value is -0.610. The van der Waals surface area contributed by atoms with Gasteiger partial charge in [-0.2, -0.15) is 0 Å². The van der Waals surface area contributed by atoms with Crippen LogP contribution in [0.15, 0.2) is 23.1 Å². The van der Waals surface area contributed by atoms with E-state index in [0.717, 1.165) is 17.7 Å². The zero-order valence-corrected chi connectivity index (χ0v) is 11.6. The molecule has 0 spiro atoms. The number of alkyl halides is 2. The number of fused-ring (bicyclic) bond motifs is 1. The molecule has 0 aliphatic carbocycles. The monoisotopic (exact) mass is 271 g/mol. The molecule has 0 radical (unpaired) electrons. The zero-order chi connectivity index (χ0) is 13.1. The SMILES string of the molecule is CCNC(C)C(c1ccc2c(c1)CCS2)C(F)F. The molecular weight excluding hydrogens is 252 g/mol. The normalized spacial score (nSPS) is 17.8. The minimum Gasteiger partial charge on any atom is -0.314 e. The van der Waals surface area contributed by atoms with Crippen LogP contribution >= 0.6 is 11.8 Å². The van der Waals surface area contributed by atoms with Gasteiger partial charge in [-0.15, -0.1) is 11.8 Å². The fourth-order valence-corrected chi connectivity index (χ4v) is 3.57. The lowest BCUT2D eigenvalue weighted by Crippen LogP contribution is -2.35. The highest BCUT2D eigenvalue weighted by Crippen LogP contribution is 2.35. The van der Waals surface area contributed by atoms with Crippen LogP contribution in [-0.4, -0.2) is 24.8 Å². The predicted octanol–water partition coefficient (Wildman–Crippen LogP) is 3.68. The minimum absolute atomic E-state index is 0.206. The van der Waals surface area contributed by atoms with E-state index in [4.69, 9.17) is 0 Å². The van der Waals surface area contributed by atoms with Crippen LogP contribution in [-0.2, 0) is 6.42 Å². The summed E-state index contributed by atoms with van der Waals surface area (Å²) in [4.78, 5) is 1.25. The van der Waals surface area contributed by atoms with Gasteiger partial charge in [0.15, 0.2) is 0 Å². The maximum absolute atomic E-state index is 13.3. The quantitative estimate of drug-likeness (QED) is 0.876. The summed E-state index contributed by atoms with van der Waals surface area (Å²) in [5, 5.41) is 3.11. The number of halogens is 2. The van der Waals surface area contributed by atoms with Crippen molar-refractivity contribution in [3.05, 3.63) is 29.3 Å². The van der Waals surface area contributed by atoms with Gasteiger partial charge in [-0.05, 0) is 37.1 Å². The number of thioether (sulfide) groups is 1. The van der Waals surface area contributed by atoms with Gasteiger partial charge in [0.25, 0.3) is 0 Å². The van der Waals surface area contributed by atoms with Crippen LogP contribution in [0.25, 0.3) is 0 Å². The summed E-state index contributed by atoms with van der Waals surface area (Å²) in [7, 11) is 0. The van der Waals surface area contributed by atoms with Gasteiger partial charge in [0.2, 0.25) is 6.43 Å². The molecule has 2 unspecified atom stereocenters. The van der Waals surface area contributed by atoms with E-state index >= 15 is 0 Å². The number of nitrogens with one attached hydrogen (secondary N) is 1. The Morgan fingerprint density at radius 2 is 2.17 bits per heavy atom. The van der Waals surface area contributed by atoms with Gasteiger partial charge in [0.1, 0.15) is 0 Å². The molecule has 4 heteroatoms. The van der Waals surface area contributed by atoms with Crippen LogP contribution in [0.5, 0.6) is 0 Å². The van der Waals surface area contributed by atoms with Gasteiger partial charge in [-0.25, -0.2) is 8.78 Å². The molecule has 1 aliphatic rings. The molecule has 0 saturated carbocycles. The number of rotatable bonds is 5. The second-order valence-electron chi connectivity index (χ2n) is 4.67. The minimum atomic E-state index is -2.33. The molecule has 1 N–H and O–H groups in total. The lowest BCUT2D eigenvalue weighted by molar-refractivity contribution is 0.0983. The van der Waals surface area contributed by atoms with E-state index in [0.29, 0.717) is 6.54 Å². The standard InChI is InChI=1S/C14H19F2NS/c1-3-17-9(2)13(14(15)16)11-4-5-12-10(8-11)6-7-18-12/h4-5,8-9,13-14,17H,3,6-7H2,1-2H3. The molecule has 0 fully saturated rings. The highest BCUT2D eigenvalue weighted by molar-refractivity contribution is 7.99. The van der Waals surface area contributed by atoms with Crippen molar-refractivity contribution in [2.45, 2.75) is 43.5 Å². The highest BCUT2D eigenvalue weighted by Gasteiger charge is 2.29. The summed E-state index contributed by atoms with van der Waals surface area (Å²) in [6.07, 6.45) is -1.33. The molecule has 1 nitrogen and oxygen atoms in total. The average molecular weight is 271 g/mol. The first-order valence-corrected chi connectivity index (χ1v) is 7.39. The third-order valence-corrected chi connectivity index (χ3v) is 4.55. The molecule has 2 atom stereocenters.